The number of halogens is 1. The Hall–Kier alpha value is -1.41. The van der Waals surface area contributed by atoms with Gasteiger partial charge in [-0.05, 0) is 24.9 Å². The van der Waals surface area contributed by atoms with Crippen molar-refractivity contribution in [1.29, 1.82) is 0 Å². The number of H-pyrrole nitrogens is 1. The first-order chi connectivity index (χ1) is 10.5. The van der Waals surface area contributed by atoms with Crippen molar-refractivity contribution >= 4 is 22.4 Å². The normalized spacial score (nSPS) is 22.0. The predicted molar refractivity (Wildman–Crippen MR) is 91.1 cm³/mol. The molecule has 3 rings (SSSR count). The molecule has 0 bridgehead atoms. The number of rotatable bonds is 4. The van der Waals surface area contributed by atoms with Gasteiger partial charge in [0.15, 0.2) is 0 Å². The number of hydrogen-bond donors (Lipinski definition) is 2. The summed E-state index contributed by atoms with van der Waals surface area (Å²) in [6.07, 6.45) is 1.37. The number of aryl methyl sites for hydroxylation is 1. The summed E-state index contributed by atoms with van der Waals surface area (Å²) in [5.74, 6) is 0.262. The highest BCUT2D eigenvalue weighted by Crippen LogP contribution is 2.35. The lowest BCUT2D eigenvalue weighted by Crippen LogP contribution is -2.30. The molecule has 23 heavy (non-hydrogen) atoms. The van der Waals surface area contributed by atoms with Crippen molar-refractivity contribution in [3.8, 4) is 0 Å². The summed E-state index contributed by atoms with van der Waals surface area (Å²) in [7, 11) is -3.53. The lowest BCUT2D eigenvalue weighted by molar-refractivity contribution is 0.458. The molecule has 0 saturated carbocycles. The van der Waals surface area contributed by atoms with E-state index in [1.165, 1.54) is 10.5 Å². The van der Waals surface area contributed by atoms with E-state index in [1.807, 2.05) is 30.3 Å². The van der Waals surface area contributed by atoms with E-state index in [1.54, 1.807) is 6.92 Å². The standard InChI is InChI=1S/C15H20N4O2S.ClH/c1-11-15(8-17-18-11)22(20,21)19-9-13(7-16)14(10-19)12-5-3-2-4-6-12;/h2-6,8,13-14H,7,9-10,16H2,1H3,(H,17,18);1H/t13-,14+;/m1./s1. The van der Waals surface area contributed by atoms with E-state index in [0.717, 1.165) is 5.56 Å². The van der Waals surface area contributed by atoms with Crippen molar-refractivity contribution in [3.63, 3.8) is 0 Å². The van der Waals surface area contributed by atoms with Gasteiger partial charge >= 0.3 is 0 Å². The van der Waals surface area contributed by atoms with E-state index in [0.29, 0.717) is 25.3 Å². The minimum atomic E-state index is -3.53. The minimum absolute atomic E-state index is 0. The van der Waals surface area contributed by atoms with Crippen molar-refractivity contribution in [2.24, 2.45) is 11.7 Å². The highest BCUT2D eigenvalue weighted by molar-refractivity contribution is 7.89. The van der Waals surface area contributed by atoms with Gasteiger partial charge in [0.1, 0.15) is 4.90 Å². The Balaban J connectivity index is 0.00000192. The fourth-order valence-corrected chi connectivity index (χ4v) is 4.72. The fraction of sp³-hybridized carbons (Fsp3) is 0.400. The van der Waals surface area contributed by atoms with Gasteiger partial charge in [0.25, 0.3) is 0 Å². The molecule has 3 N–H and O–H groups in total. The number of nitrogens with zero attached hydrogens (tertiary/aromatic N) is 2. The molecule has 2 atom stereocenters. The van der Waals surface area contributed by atoms with Crippen LogP contribution in [0.4, 0.5) is 0 Å². The van der Waals surface area contributed by atoms with E-state index in [9.17, 15) is 8.42 Å². The van der Waals surface area contributed by atoms with E-state index in [2.05, 4.69) is 10.2 Å². The van der Waals surface area contributed by atoms with Crippen LogP contribution in [0.15, 0.2) is 41.4 Å². The lowest BCUT2D eigenvalue weighted by atomic mass is 9.89. The van der Waals surface area contributed by atoms with Gasteiger partial charge in [-0.1, -0.05) is 30.3 Å². The van der Waals surface area contributed by atoms with Crippen LogP contribution in [-0.2, 0) is 10.0 Å². The Labute approximate surface area is 142 Å². The van der Waals surface area contributed by atoms with Crippen LogP contribution < -0.4 is 5.73 Å². The van der Waals surface area contributed by atoms with Crippen molar-refractivity contribution in [2.75, 3.05) is 19.6 Å². The molecule has 6 nitrogen and oxygen atoms in total. The second-order valence-electron chi connectivity index (χ2n) is 5.69. The smallest absolute Gasteiger partial charge is 0.246 e. The molecule has 8 heteroatoms. The zero-order valence-electron chi connectivity index (χ0n) is 12.8. The SMILES string of the molecule is Cc1[nH]ncc1S(=O)(=O)N1C[C@@H](CN)[C@H](c2ccccc2)C1.Cl. The van der Waals surface area contributed by atoms with Gasteiger partial charge in [-0.2, -0.15) is 9.40 Å². The molecule has 1 aromatic carbocycles. The molecule has 0 spiro atoms. The molecule has 0 amide bonds. The van der Waals surface area contributed by atoms with E-state index >= 15 is 0 Å². The van der Waals surface area contributed by atoms with Crippen LogP contribution >= 0.6 is 12.4 Å². The first kappa shape index (κ1) is 17.9. The summed E-state index contributed by atoms with van der Waals surface area (Å²) in [5, 5.41) is 6.51. The van der Waals surface area contributed by atoms with Crippen molar-refractivity contribution in [3.05, 3.63) is 47.8 Å². The Morgan fingerprint density at radius 1 is 1.30 bits per heavy atom. The maximum Gasteiger partial charge on any atom is 0.246 e. The topological polar surface area (TPSA) is 92.1 Å². The number of aromatic amines is 1. The quantitative estimate of drug-likeness (QED) is 0.868. The summed E-state index contributed by atoms with van der Waals surface area (Å²) < 4.78 is 27.1. The Kier molecular flexibility index (Phi) is 5.46. The van der Waals surface area contributed by atoms with E-state index in [4.69, 9.17) is 5.73 Å². The van der Waals surface area contributed by atoms with Crippen LogP contribution in [0.25, 0.3) is 0 Å². The second kappa shape index (κ2) is 7.00. The van der Waals surface area contributed by atoms with Crippen LogP contribution in [-0.4, -0.2) is 42.6 Å². The zero-order valence-corrected chi connectivity index (χ0v) is 14.5. The predicted octanol–water partition coefficient (Wildman–Crippen LogP) is 1.50. The molecule has 126 valence electrons. The summed E-state index contributed by atoms with van der Waals surface area (Å²) in [6.45, 7) is 3.09. The number of benzene rings is 1. The maximum atomic E-state index is 12.8. The van der Waals surface area contributed by atoms with E-state index in [-0.39, 0.29) is 29.1 Å². The van der Waals surface area contributed by atoms with Gasteiger partial charge in [0.2, 0.25) is 10.0 Å². The van der Waals surface area contributed by atoms with Crippen LogP contribution in [0, 0.1) is 12.8 Å². The third-order valence-corrected chi connectivity index (χ3v) is 6.28. The van der Waals surface area contributed by atoms with Gasteiger partial charge in [-0.25, -0.2) is 8.42 Å². The van der Waals surface area contributed by atoms with Crippen LogP contribution in [0.3, 0.4) is 0 Å². The van der Waals surface area contributed by atoms with Gasteiger partial charge in [-0.15, -0.1) is 12.4 Å². The second-order valence-corrected chi connectivity index (χ2v) is 7.60. The monoisotopic (exact) mass is 356 g/mol. The van der Waals surface area contributed by atoms with Gasteiger partial charge in [-0.3, -0.25) is 5.10 Å². The fourth-order valence-electron chi connectivity index (χ4n) is 3.08. The number of nitrogens with one attached hydrogen (secondary N) is 1. The molecule has 0 unspecified atom stereocenters. The van der Waals surface area contributed by atoms with Crippen molar-refractivity contribution < 1.29 is 8.42 Å². The summed E-state index contributed by atoms with van der Waals surface area (Å²) in [4.78, 5) is 0.247. The van der Waals surface area contributed by atoms with Crippen molar-refractivity contribution in [1.82, 2.24) is 14.5 Å². The third-order valence-electron chi connectivity index (χ3n) is 4.34. The van der Waals surface area contributed by atoms with Gasteiger partial charge in [0.05, 0.1) is 11.9 Å². The summed E-state index contributed by atoms with van der Waals surface area (Å²) in [5.41, 5.74) is 7.58. The largest absolute Gasteiger partial charge is 0.330 e. The average Bonchev–Trinajstić information content (AvgIpc) is 3.14. The molecule has 0 aliphatic carbocycles. The lowest BCUT2D eigenvalue weighted by Gasteiger charge is -2.16. The highest BCUT2D eigenvalue weighted by Gasteiger charge is 2.40. The highest BCUT2D eigenvalue weighted by atomic mass is 35.5. The molecular weight excluding hydrogens is 336 g/mol. The first-order valence-electron chi connectivity index (χ1n) is 7.29. The third kappa shape index (κ3) is 3.28. The molecular formula is C15H21ClN4O2S. The van der Waals surface area contributed by atoms with Crippen LogP contribution in [0.5, 0.6) is 0 Å². The molecule has 2 heterocycles. The molecule has 1 fully saturated rings. The maximum absolute atomic E-state index is 12.8. The summed E-state index contributed by atoms with van der Waals surface area (Å²) >= 11 is 0. The molecule has 1 saturated heterocycles. The first-order valence-corrected chi connectivity index (χ1v) is 8.73. The van der Waals surface area contributed by atoms with E-state index < -0.39 is 10.0 Å². The molecule has 1 aromatic heterocycles. The van der Waals surface area contributed by atoms with Gasteiger partial charge in [0, 0.05) is 19.0 Å². The molecule has 1 aliphatic heterocycles. The van der Waals surface area contributed by atoms with Crippen molar-refractivity contribution in [2.45, 2.75) is 17.7 Å². The minimum Gasteiger partial charge on any atom is -0.330 e. The van der Waals surface area contributed by atoms with Crippen LogP contribution in [0.2, 0.25) is 0 Å². The Morgan fingerprint density at radius 3 is 2.57 bits per heavy atom. The number of aromatic nitrogens is 2. The zero-order chi connectivity index (χ0) is 15.7. The number of sulfonamides is 1. The molecule has 0 radical (unpaired) electrons. The molecule has 1 aliphatic rings. The number of hydrogen-bond acceptors (Lipinski definition) is 4. The molecule has 2 aromatic rings. The Morgan fingerprint density at radius 2 is 2.00 bits per heavy atom. The number of nitrogens with two attached hydrogens (primary N) is 1. The average molecular weight is 357 g/mol. The van der Waals surface area contributed by atoms with Gasteiger partial charge < -0.3 is 5.73 Å². The Bertz CT molecular complexity index is 748. The van der Waals surface area contributed by atoms with Crippen LogP contribution in [0.1, 0.15) is 17.2 Å². The summed E-state index contributed by atoms with van der Waals surface area (Å²) in [6, 6.07) is 9.97.